The molecule has 0 saturated carbocycles. The minimum Gasteiger partial charge on any atom is -0.280 e. The van der Waals surface area contributed by atoms with Gasteiger partial charge in [0.15, 0.2) is 0 Å². The summed E-state index contributed by atoms with van der Waals surface area (Å²) in [6.45, 7) is 0. The number of sulfonamides is 1. The van der Waals surface area contributed by atoms with E-state index in [0.717, 1.165) is 5.69 Å². The van der Waals surface area contributed by atoms with Gasteiger partial charge in [-0.05, 0) is 42.5 Å². The van der Waals surface area contributed by atoms with Crippen LogP contribution in [0, 0.1) is 0 Å². The van der Waals surface area contributed by atoms with Crippen LogP contribution >= 0.6 is 23.2 Å². The number of halogens is 2. The van der Waals surface area contributed by atoms with Crippen LogP contribution in [-0.2, 0) is 10.0 Å². The Hall–Kier alpha value is -2.02. The van der Waals surface area contributed by atoms with Crippen molar-refractivity contribution in [1.82, 2.24) is 9.78 Å². The van der Waals surface area contributed by atoms with Crippen LogP contribution in [0.25, 0.3) is 5.69 Å². The van der Waals surface area contributed by atoms with E-state index < -0.39 is 10.0 Å². The first-order valence-corrected chi connectivity index (χ1v) is 8.77. The molecule has 8 heteroatoms. The van der Waals surface area contributed by atoms with Crippen molar-refractivity contribution in [2.24, 2.45) is 0 Å². The first-order chi connectivity index (χ1) is 11.0. The van der Waals surface area contributed by atoms with Crippen molar-refractivity contribution >= 4 is 38.9 Å². The molecule has 3 rings (SSSR count). The highest BCUT2D eigenvalue weighted by Gasteiger charge is 2.18. The van der Waals surface area contributed by atoms with Crippen molar-refractivity contribution < 1.29 is 8.42 Å². The second kappa shape index (κ2) is 6.23. The molecule has 0 saturated heterocycles. The Bertz CT molecular complexity index is 941. The molecule has 118 valence electrons. The summed E-state index contributed by atoms with van der Waals surface area (Å²) >= 11 is 11.8. The SMILES string of the molecule is O=S(=O)(Nc1cccc(-n2cccn2)c1)c1cc(Cl)ccc1Cl. The van der Waals surface area contributed by atoms with E-state index in [4.69, 9.17) is 23.2 Å². The molecule has 0 unspecified atom stereocenters. The summed E-state index contributed by atoms with van der Waals surface area (Å²) < 4.78 is 29.1. The third-order valence-electron chi connectivity index (χ3n) is 3.05. The molecule has 5 nitrogen and oxygen atoms in total. The first-order valence-electron chi connectivity index (χ1n) is 6.54. The number of nitrogens with one attached hydrogen (secondary N) is 1. The average molecular weight is 368 g/mol. The number of benzene rings is 2. The second-order valence-corrected chi connectivity index (χ2v) is 7.18. The van der Waals surface area contributed by atoms with Gasteiger partial charge in [0.05, 0.1) is 16.4 Å². The summed E-state index contributed by atoms with van der Waals surface area (Å²) in [6, 6.07) is 12.9. The van der Waals surface area contributed by atoms with Gasteiger partial charge < -0.3 is 0 Å². The Morgan fingerprint density at radius 2 is 1.87 bits per heavy atom. The Morgan fingerprint density at radius 1 is 1.04 bits per heavy atom. The number of nitrogens with zero attached hydrogens (tertiary/aromatic N) is 2. The first kappa shape index (κ1) is 15.9. The lowest BCUT2D eigenvalue weighted by molar-refractivity contribution is 0.601. The predicted octanol–water partition coefficient (Wildman–Crippen LogP) is 3.98. The zero-order valence-electron chi connectivity index (χ0n) is 11.6. The highest BCUT2D eigenvalue weighted by Crippen LogP contribution is 2.27. The van der Waals surface area contributed by atoms with Crippen LogP contribution in [0.1, 0.15) is 0 Å². The molecule has 3 aromatic rings. The van der Waals surface area contributed by atoms with Crippen LogP contribution in [0.3, 0.4) is 0 Å². The van der Waals surface area contributed by atoms with E-state index in [2.05, 4.69) is 9.82 Å². The van der Waals surface area contributed by atoms with Crippen molar-refractivity contribution in [2.45, 2.75) is 4.90 Å². The summed E-state index contributed by atoms with van der Waals surface area (Å²) in [5.41, 5.74) is 1.13. The van der Waals surface area contributed by atoms with Crippen LogP contribution in [0.2, 0.25) is 10.0 Å². The fourth-order valence-corrected chi connectivity index (χ4v) is 3.84. The van der Waals surface area contributed by atoms with Gasteiger partial charge in [-0.2, -0.15) is 5.10 Å². The minimum absolute atomic E-state index is 0.0730. The van der Waals surface area contributed by atoms with Crippen LogP contribution in [-0.4, -0.2) is 18.2 Å². The summed E-state index contributed by atoms with van der Waals surface area (Å²) in [7, 11) is -3.85. The molecule has 0 radical (unpaired) electrons. The summed E-state index contributed by atoms with van der Waals surface area (Å²) in [6.07, 6.45) is 3.41. The monoisotopic (exact) mass is 367 g/mol. The van der Waals surface area contributed by atoms with E-state index in [9.17, 15) is 8.42 Å². The van der Waals surface area contributed by atoms with Gasteiger partial charge in [0, 0.05) is 17.4 Å². The number of anilines is 1. The zero-order chi connectivity index (χ0) is 16.4. The van der Waals surface area contributed by atoms with Crippen molar-refractivity contribution in [1.29, 1.82) is 0 Å². The van der Waals surface area contributed by atoms with E-state index in [1.54, 1.807) is 41.3 Å². The molecule has 0 atom stereocenters. The smallest absolute Gasteiger partial charge is 0.263 e. The molecule has 0 aliphatic heterocycles. The maximum absolute atomic E-state index is 12.5. The van der Waals surface area contributed by atoms with Crippen molar-refractivity contribution in [3.05, 3.63) is 71.0 Å². The van der Waals surface area contributed by atoms with E-state index in [1.807, 2.05) is 6.07 Å². The predicted molar refractivity (Wildman–Crippen MR) is 90.8 cm³/mol. The molecule has 23 heavy (non-hydrogen) atoms. The fourth-order valence-electron chi connectivity index (χ4n) is 2.03. The van der Waals surface area contributed by atoms with Gasteiger partial charge in [-0.15, -0.1) is 0 Å². The molecule has 0 bridgehead atoms. The van der Waals surface area contributed by atoms with Gasteiger partial charge >= 0.3 is 0 Å². The molecule has 0 spiro atoms. The molecule has 0 fully saturated rings. The fraction of sp³-hybridized carbons (Fsp3) is 0. The van der Waals surface area contributed by atoms with Crippen LogP contribution in [0.5, 0.6) is 0 Å². The van der Waals surface area contributed by atoms with Gasteiger partial charge in [0.25, 0.3) is 10.0 Å². The van der Waals surface area contributed by atoms with Gasteiger partial charge in [-0.1, -0.05) is 29.3 Å². The molecule has 0 amide bonds. The van der Waals surface area contributed by atoms with E-state index in [1.165, 1.54) is 18.2 Å². The molecule has 1 aromatic heterocycles. The number of rotatable bonds is 4. The highest BCUT2D eigenvalue weighted by atomic mass is 35.5. The van der Waals surface area contributed by atoms with Gasteiger partial charge in [0.2, 0.25) is 0 Å². The second-order valence-electron chi connectivity index (χ2n) is 4.68. The number of aromatic nitrogens is 2. The lowest BCUT2D eigenvalue weighted by Gasteiger charge is -2.11. The van der Waals surface area contributed by atoms with Crippen LogP contribution < -0.4 is 4.72 Å². The quantitative estimate of drug-likeness (QED) is 0.758. The Labute approximate surface area is 143 Å². The molecular weight excluding hydrogens is 357 g/mol. The van der Waals surface area contributed by atoms with E-state index in [0.29, 0.717) is 10.7 Å². The largest absolute Gasteiger partial charge is 0.280 e. The Morgan fingerprint density at radius 3 is 2.61 bits per heavy atom. The van der Waals surface area contributed by atoms with E-state index >= 15 is 0 Å². The minimum atomic E-state index is -3.85. The summed E-state index contributed by atoms with van der Waals surface area (Å²) in [5.74, 6) is 0. The zero-order valence-corrected chi connectivity index (χ0v) is 14.0. The van der Waals surface area contributed by atoms with Crippen molar-refractivity contribution in [3.63, 3.8) is 0 Å². The lowest BCUT2D eigenvalue weighted by Crippen LogP contribution is -2.13. The number of hydrogen-bond donors (Lipinski definition) is 1. The number of hydrogen-bond acceptors (Lipinski definition) is 3. The van der Waals surface area contributed by atoms with E-state index in [-0.39, 0.29) is 9.92 Å². The van der Waals surface area contributed by atoms with Crippen LogP contribution in [0.4, 0.5) is 5.69 Å². The molecular formula is C15H11Cl2N3O2S. The normalized spacial score (nSPS) is 11.4. The van der Waals surface area contributed by atoms with Gasteiger partial charge in [-0.25, -0.2) is 13.1 Å². The lowest BCUT2D eigenvalue weighted by atomic mass is 10.3. The molecule has 1 N–H and O–H groups in total. The van der Waals surface area contributed by atoms with Crippen molar-refractivity contribution in [2.75, 3.05) is 4.72 Å². The van der Waals surface area contributed by atoms with Gasteiger partial charge in [0.1, 0.15) is 4.90 Å². The third-order valence-corrected chi connectivity index (χ3v) is 5.15. The van der Waals surface area contributed by atoms with Crippen LogP contribution in [0.15, 0.2) is 65.8 Å². The molecule has 2 aromatic carbocycles. The highest BCUT2D eigenvalue weighted by molar-refractivity contribution is 7.92. The maximum Gasteiger partial charge on any atom is 0.263 e. The third kappa shape index (κ3) is 3.50. The standard InChI is InChI=1S/C15H11Cl2N3O2S/c16-11-5-6-14(17)15(9-11)23(21,22)19-12-3-1-4-13(10-12)20-8-2-7-18-20/h1-10,19H. The molecule has 0 aliphatic rings. The van der Waals surface area contributed by atoms with Crippen molar-refractivity contribution in [3.8, 4) is 5.69 Å². The Balaban J connectivity index is 1.95. The summed E-state index contributed by atoms with van der Waals surface area (Å²) in [4.78, 5) is -0.0730. The topological polar surface area (TPSA) is 64.0 Å². The summed E-state index contributed by atoms with van der Waals surface area (Å²) in [5, 5.41) is 4.50. The van der Waals surface area contributed by atoms with Gasteiger partial charge in [-0.3, -0.25) is 4.72 Å². The Kier molecular flexibility index (Phi) is 4.30. The molecule has 0 aliphatic carbocycles. The maximum atomic E-state index is 12.5. The molecule has 1 heterocycles. The average Bonchev–Trinajstić information content (AvgIpc) is 3.04.